The van der Waals surface area contributed by atoms with E-state index in [9.17, 15) is 23.7 Å². The average Bonchev–Trinajstić information content (AvgIpc) is 2.26. The van der Waals surface area contributed by atoms with Crippen molar-refractivity contribution in [3.63, 3.8) is 0 Å². The minimum Gasteiger partial charge on any atom is -0.358 e. The maximum atomic E-state index is 12.5. The van der Waals surface area contributed by atoms with Crippen molar-refractivity contribution in [3.05, 3.63) is 33.0 Å². The molecule has 9 heteroatoms. The molecule has 0 saturated carbocycles. The van der Waals surface area contributed by atoms with Crippen LogP contribution in [-0.4, -0.2) is 15.1 Å². The Morgan fingerprint density at radius 2 is 2.24 bits per heavy atom. The van der Waals surface area contributed by atoms with Crippen LogP contribution in [0.3, 0.4) is 0 Å². The molecule has 0 aliphatic carbocycles. The summed E-state index contributed by atoms with van der Waals surface area (Å²) >= 11 is 5.03. The fourth-order valence-electron chi connectivity index (χ4n) is 1.06. The van der Waals surface area contributed by atoms with Gasteiger partial charge >= 0.3 is 5.82 Å². The molecule has 0 aliphatic heterocycles. The summed E-state index contributed by atoms with van der Waals surface area (Å²) in [6.45, 7) is 0. The van der Waals surface area contributed by atoms with Crippen LogP contribution >= 0.6 is 11.6 Å². The van der Waals surface area contributed by atoms with E-state index in [1.54, 1.807) is 0 Å². The van der Waals surface area contributed by atoms with Gasteiger partial charge in [-0.05, 0) is 27.6 Å². The van der Waals surface area contributed by atoms with Gasteiger partial charge in [0.1, 0.15) is 17.2 Å². The van der Waals surface area contributed by atoms with Crippen molar-refractivity contribution >= 4 is 22.7 Å². The Morgan fingerprint density at radius 3 is 2.59 bits per heavy atom. The number of halogens is 3. The van der Waals surface area contributed by atoms with Gasteiger partial charge in [0.05, 0.1) is 0 Å². The molecule has 0 atom stereocenters. The number of hydrogen-bond acceptors (Lipinski definition) is 5. The number of pyridine rings is 1. The second-order valence-electron chi connectivity index (χ2n) is 2.74. The van der Waals surface area contributed by atoms with Gasteiger partial charge in [-0.1, -0.05) is 0 Å². The van der Waals surface area contributed by atoms with Crippen LogP contribution in [0, 0.1) is 21.4 Å². The molecule has 6 nitrogen and oxygen atoms in total. The largest absolute Gasteiger partial charge is 0.373 e. The fourth-order valence-corrected chi connectivity index (χ4v) is 1.21. The van der Waals surface area contributed by atoms with E-state index >= 15 is 0 Å². The number of aromatic nitrogens is 1. The lowest BCUT2D eigenvalue weighted by Gasteiger charge is -2.02. The van der Waals surface area contributed by atoms with E-state index < -0.39 is 39.2 Å². The number of carbonyl (C=O) groups is 1. The first-order chi connectivity index (χ1) is 7.88. The Labute approximate surface area is 97.6 Å². The Kier molecular flexibility index (Phi) is 3.65. The van der Waals surface area contributed by atoms with Crippen LogP contribution in [0.2, 0.25) is 0 Å². The summed E-state index contributed by atoms with van der Waals surface area (Å²) in [5.74, 6) is -1.19. The number of rotatable bonds is 3. The first-order valence-corrected chi connectivity index (χ1v) is 4.33. The third kappa shape index (κ3) is 2.51. The Hall–Kier alpha value is -2.14. The van der Waals surface area contributed by atoms with Crippen LogP contribution in [0.25, 0.3) is 0 Å². The standard InChI is InChI=1S/C8H2ClF2N3O3/c9-6(15)5-3(2-12)1-4(7(10)11)8(13-5)14(16)17/h1,7H. The zero-order valence-corrected chi connectivity index (χ0v) is 8.61. The minimum atomic E-state index is -3.19. The van der Waals surface area contributed by atoms with Gasteiger partial charge in [0.2, 0.25) is 0 Å². The quantitative estimate of drug-likeness (QED) is 0.472. The molecule has 0 bridgehead atoms. The summed E-state index contributed by atoms with van der Waals surface area (Å²) in [6.07, 6.45) is -3.19. The van der Waals surface area contributed by atoms with E-state index in [-0.39, 0.29) is 0 Å². The molecule has 0 N–H and O–H groups in total. The van der Waals surface area contributed by atoms with Crippen molar-refractivity contribution < 1.29 is 18.5 Å². The van der Waals surface area contributed by atoms with Gasteiger partial charge in [0, 0.05) is 0 Å². The molecule has 88 valence electrons. The minimum absolute atomic E-state index is 0.533. The van der Waals surface area contributed by atoms with E-state index in [2.05, 4.69) is 4.98 Å². The van der Waals surface area contributed by atoms with Crippen LogP contribution in [0.1, 0.15) is 28.0 Å². The van der Waals surface area contributed by atoms with Crippen molar-refractivity contribution in [1.82, 2.24) is 4.98 Å². The molecular weight excluding hydrogens is 260 g/mol. The zero-order chi connectivity index (χ0) is 13.2. The molecule has 17 heavy (non-hydrogen) atoms. The second kappa shape index (κ2) is 4.80. The molecule has 1 aromatic rings. The van der Waals surface area contributed by atoms with Gasteiger partial charge in [0.15, 0.2) is 0 Å². The number of alkyl halides is 2. The number of nitriles is 1. The van der Waals surface area contributed by atoms with Gasteiger partial charge in [-0.25, -0.2) is 8.78 Å². The van der Waals surface area contributed by atoms with E-state index in [0.717, 1.165) is 0 Å². The van der Waals surface area contributed by atoms with Gasteiger partial charge in [0.25, 0.3) is 17.4 Å². The lowest BCUT2D eigenvalue weighted by atomic mass is 10.1. The summed E-state index contributed by atoms with van der Waals surface area (Å²) in [5, 5.41) is 17.8. The third-order valence-corrected chi connectivity index (χ3v) is 1.92. The fraction of sp³-hybridized carbons (Fsp3) is 0.125. The van der Waals surface area contributed by atoms with Crippen molar-refractivity contribution in [1.29, 1.82) is 5.26 Å². The highest BCUT2D eigenvalue weighted by Gasteiger charge is 2.29. The molecule has 1 aromatic heterocycles. The third-order valence-electron chi connectivity index (χ3n) is 1.75. The highest BCUT2D eigenvalue weighted by atomic mass is 35.5. The Bertz CT molecular complexity index is 542. The van der Waals surface area contributed by atoms with Crippen LogP contribution in [0.4, 0.5) is 14.6 Å². The average molecular weight is 262 g/mol. The van der Waals surface area contributed by atoms with E-state index in [1.807, 2.05) is 0 Å². The topological polar surface area (TPSA) is 96.9 Å². The predicted molar refractivity (Wildman–Crippen MR) is 50.7 cm³/mol. The summed E-state index contributed by atoms with van der Waals surface area (Å²) in [7, 11) is 0. The highest BCUT2D eigenvalue weighted by Crippen LogP contribution is 2.29. The maximum absolute atomic E-state index is 12.5. The lowest BCUT2D eigenvalue weighted by molar-refractivity contribution is -0.391. The Morgan fingerprint density at radius 1 is 1.65 bits per heavy atom. The summed E-state index contributed by atoms with van der Waals surface area (Å²) in [5.41, 5.74) is -2.29. The number of nitro groups is 1. The van der Waals surface area contributed by atoms with Gasteiger partial charge < -0.3 is 10.1 Å². The summed E-state index contributed by atoms with van der Waals surface area (Å²) in [6, 6.07) is 1.95. The molecule has 0 aliphatic rings. The number of nitrogens with zero attached hydrogens (tertiary/aromatic N) is 3. The molecule has 1 rings (SSSR count). The SMILES string of the molecule is N#Cc1cc(C(F)F)c([N+](=O)[O-])nc1C(=O)Cl. The van der Waals surface area contributed by atoms with Gasteiger partial charge in [-0.3, -0.25) is 4.79 Å². The maximum Gasteiger partial charge on any atom is 0.373 e. The normalized spacial score (nSPS) is 10.1. The predicted octanol–water partition coefficient (Wildman–Crippen LogP) is 2.18. The molecule has 0 spiro atoms. The van der Waals surface area contributed by atoms with Gasteiger partial charge in [-0.2, -0.15) is 5.26 Å². The first-order valence-electron chi connectivity index (χ1n) is 3.96. The molecule has 0 aromatic carbocycles. The van der Waals surface area contributed by atoms with Crippen molar-refractivity contribution in [2.45, 2.75) is 6.43 Å². The van der Waals surface area contributed by atoms with Crippen LogP contribution in [0.5, 0.6) is 0 Å². The van der Waals surface area contributed by atoms with Crippen LogP contribution in [0.15, 0.2) is 6.07 Å². The smallest absolute Gasteiger partial charge is 0.358 e. The molecule has 0 saturated heterocycles. The molecule has 0 unspecified atom stereocenters. The summed E-state index contributed by atoms with van der Waals surface area (Å²) in [4.78, 5) is 23.2. The van der Waals surface area contributed by atoms with E-state index in [1.165, 1.54) is 6.07 Å². The lowest BCUT2D eigenvalue weighted by Crippen LogP contribution is -2.06. The van der Waals surface area contributed by atoms with E-state index in [4.69, 9.17) is 16.9 Å². The zero-order valence-electron chi connectivity index (χ0n) is 7.85. The first kappa shape index (κ1) is 12.9. The molecule has 0 radical (unpaired) electrons. The molecule has 0 fully saturated rings. The second-order valence-corrected chi connectivity index (χ2v) is 3.08. The van der Waals surface area contributed by atoms with Gasteiger partial charge in [-0.15, -0.1) is 0 Å². The van der Waals surface area contributed by atoms with Crippen LogP contribution in [-0.2, 0) is 0 Å². The van der Waals surface area contributed by atoms with Crippen molar-refractivity contribution in [2.75, 3.05) is 0 Å². The monoisotopic (exact) mass is 261 g/mol. The highest BCUT2D eigenvalue weighted by molar-refractivity contribution is 6.67. The number of carbonyl (C=O) groups excluding carboxylic acids is 1. The van der Waals surface area contributed by atoms with E-state index in [0.29, 0.717) is 6.07 Å². The van der Waals surface area contributed by atoms with Crippen molar-refractivity contribution in [2.24, 2.45) is 0 Å². The summed E-state index contributed by atoms with van der Waals surface area (Å²) < 4.78 is 24.9. The van der Waals surface area contributed by atoms with Crippen molar-refractivity contribution in [3.8, 4) is 6.07 Å². The number of hydrogen-bond donors (Lipinski definition) is 0. The molecule has 1 heterocycles. The molecular formula is C8H2ClF2N3O3. The molecule has 0 amide bonds. The van der Waals surface area contributed by atoms with Crippen LogP contribution < -0.4 is 0 Å². The Balaban J connectivity index is 3.61.